The number of aromatic hydroxyl groups is 1. The zero-order valence-electron chi connectivity index (χ0n) is 19.8. The van der Waals surface area contributed by atoms with E-state index in [2.05, 4.69) is 53.7 Å². The molecule has 2 rings (SSSR count). The van der Waals surface area contributed by atoms with Gasteiger partial charge in [-0.1, -0.05) is 65.8 Å². The summed E-state index contributed by atoms with van der Waals surface area (Å²) in [6.07, 6.45) is 4.74. The second-order valence-corrected chi connectivity index (χ2v) is 9.94. The largest absolute Gasteiger partial charge is 0.507 e. The molecule has 0 heterocycles. The molecule has 0 unspecified atom stereocenters. The third-order valence-electron chi connectivity index (χ3n) is 5.17. The molecule has 4 heteroatoms. The number of hydrogen-bond donors (Lipinski definition) is 2. The summed E-state index contributed by atoms with van der Waals surface area (Å²) < 4.78 is 5.86. The molecular weight excluding hydrogens is 388 g/mol. The third kappa shape index (κ3) is 6.00. The van der Waals surface area contributed by atoms with Gasteiger partial charge in [0, 0.05) is 22.8 Å². The van der Waals surface area contributed by atoms with E-state index in [1.807, 2.05) is 12.1 Å². The van der Waals surface area contributed by atoms with Crippen molar-refractivity contribution in [1.82, 2.24) is 0 Å². The predicted octanol–water partition coefficient (Wildman–Crippen LogP) is 6.71. The molecule has 0 aliphatic carbocycles. The van der Waals surface area contributed by atoms with Crippen LogP contribution in [0.2, 0.25) is 0 Å². The van der Waals surface area contributed by atoms with Gasteiger partial charge in [0.25, 0.3) is 0 Å². The summed E-state index contributed by atoms with van der Waals surface area (Å²) in [6, 6.07) is 9.64. The predicted molar refractivity (Wildman–Crippen MR) is 128 cm³/mol. The van der Waals surface area contributed by atoms with Crippen LogP contribution in [0.4, 0.5) is 0 Å². The molecule has 2 aromatic carbocycles. The lowest BCUT2D eigenvalue weighted by Gasteiger charge is -2.29. The quantitative estimate of drug-likeness (QED) is 0.415. The number of methoxy groups -OCH3 is 1. The minimum Gasteiger partial charge on any atom is -0.507 e. The minimum atomic E-state index is -0.980. The van der Waals surface area contributed by atoms with Gasteiger partial charge in [-0.05, 0) is 52.7 Å². The smallest absolute Gasteiger partial charge is 0.328 e. The van der Waals surface area contributed by atoms with Crippen molar-refractivity contribution in [3.05, 3.63) is 64.7 Å². The monoisotopic (exact) mass is 422 g/mol. The lowest BCUT2D eigenvalue weighted by Crippen LogP contribution is -2.18. The first-order valence-corrected chi connectivity index (χ1v) is 10.4. The van der Waals surface area contributed by atoms with E-state index in [-0.39, 0.29) is 16.6 Å². The second kappa shape index (κ2) is 9.01. The number of hydrogen-bond acceptors (Lipinski definition) is 3. The van der Waals surface area contributed by atoms with Crippen molar-refractivity contribution in [1.29, 1.82) is 0 Å². The summed E-state index contributed by atoms with van der Waals surface area (Å²) in [4.78, 5) is 10.8. The van der Waals surface area contributed by atoms with E-state index in [9.17, 15) is 9.90 Å². The molecule has 166 valence electrons. The van der Waals surface area contributed by atoms with E-state index in [4.69, 9.17) is 9.84 Å². The van der Waals surface area contributed by atoms with E-state index < -0.39 is 5.97 Å². The molecule has 0 fully saturated rings. The molecule has 31 heavy (non-hydrogen) atoms. The Morgan fingerprint density at radius 1 is 0.968 bits per heavy atom. The average Bonchev–Trinajstić information content (AvgIpc) is 2.64. The van der Waals surface area contributed by atoms with Crippen LogP contribution in [-0.4, -0.2) is 23.3 Å². The number of ether oxygens (including phenoxy) is 1. The number of phenolic OH excluding ortho intramolecular Hbond substituents is 1. The number of carbonyl (C=O) groups is 1. The van der Waals surface area contributed by atoms with Gasteiger partial charge in [-0.3, -0.25) is 0 Å². The molecule has 2 aromatic rings. The van der Waals surface area contributed by atoms with E-state index in [1.165, 1.54) is 0 Å². The number of carboxylic acids is 1. The molecule has 0 spiro atoms. The van der Waals surface area contributed by atoms with E-state index in [1.54, 1.807) is 32.2 Å². The molecule has 0 saturated heterocycles. The molecule has 4 nitrogen and oxygen atoms in total. The summed E-state index contributed by atoms with van der Waals surface area (Å²) in [5, 5.41) is 19.6. The van der Waals surface area contributed by atoms with Gasteiger partial charge in [-0.2, -0.15) is 0 Å². The number of aliphatic carboxylic acids is 1. The van der Waals surface area contributed by atoms with Gasteiger partial charge < -0.3 is 14.9 Å². The Balaban J connectivity index is 2.75. The van der Waals surface area contributed by atoms with Gasteiger partial charge >= 0.3 is 5.97 Å². The van der Waals surface area contributed by atoms with Crippen molar-refractivity contribution in [2.24, 2.45) is 0 Å². The molecule has 0 saturated carbocycles. The summed E-state index contributed by atoms with van der Waals surface area (Å²) in [5.74, 6) is -0.0648. The second-order valence-electron chi connectivity index (χ2n) is 9.94. The Bertz CT molecular complexity index is 1030. The Labute approximate surface area is 185 Å². The number of carboxylic acid groups (broad SMARTS) is 1. The zero-order valence-corrected chi connectivity index (χ0v) is 19.8. The number of allylic oxidation sites excluding steroid dienone is 2. The zero-order chi connectivity index (χ0) is 23.6. The maximum absolute atomic E-state index is 10.8. The highest BCUT2D eigenvalue weighted by atomic mass is 16.5. The van der Waals surface area contributed by atoms with Crippen LogP contribution in [0.3, 0.4) is 0 Å². The highest BCUT2D eigenvalue weighted by molar-refractivity contribution is 5.82. The molecule has 0 bridgehead atoms. The topological polar surface area (TPSA) is 66.8 Å². The highest BCUT2D eigenvalue weighted by Crippen LogP contribution is 2.45. The lowest BCUT2D eigenvalue weighted by molar-refractivity contribution is -0.131. The maximum atomic E-state index is 10.8. The molecule has 2 N–H and O–H groups in total. The van der Waals surface area contributed by atoms with E-state index in [0.29, 0.717) is 11.1 Å². The first-order chi connectivity index (χ1) is 14.2. The Morgan fingerprint density at radius 2 is 1.61 bits per heavy atom. The number of phenols is 1. The molecule has 0 aliphatic rings. The molecular formula is C27H34O4. The standard InChI is InChI=1S/C27H34O4/c1-17(13-24(29)30)9-10-18-11-12-23(28)20(14-18)21-15-19(26(2,3)4)16-22(25(21)31-8)27(5,6)7/h9-16,28H,1-8H3,(H,29,30). The van der Waals surface area contributed by atoms with E-state index >= 15 is 0 Å². The van der Waals surface area contributed by atoms with Crippen LogP contribution in [0.1, 0.15) is 65.2 Å². The van der Waals surface area contributed by atoms with Crippen LogP contribution in [0.25, 0.3) is 17.2 Å². The molecule has 0 aromatic heterocycles. The summed E-state index contributed by atoms with van der Waals surface area (Å²) in [5.41, 5.74) is 5.02. The van der Waals surface area contributed by atoms with Crippen LogP contribution < -0.4 is 4.74 Å². The van der Waals surface area contributed by atoms with Crippen molar-refractivity contribution in [2.75, 3.05) is 7.11 Å². The first kappa shape index (κ1) is 24.3. The van der Waals surface area contributed by atoms with Gasteiger partial charge in [0.2, 0.25) is 0 Å². The molecule has 0 amide bonds. The summed E-state index contributed by atoms with van der Waals surface area (Å²) in [6.45, 7) is 14.7. The van der Waals surface area contributed by atoms with Crippen molar-refractivity contribution < 1.29 is 19.7 Å². The number of rotatable bonds is 5. The molecule has 0 radical (unpaired) electrons. The number of benzene rings is 2. The fourth-order valence-corrected chi connectivity index (χ4v) is 3.38. The van der Waals surface area contributed by atoms with E-state index in [0.717, 1.165) is 34.1 Å². The van der Waals surface area contributed by atoms with Gasteiger partial charge in [0.1, 0.15) is 11.5 Å². The first-order valence-electron chi connectivity index (χ1n) is 10.4. The Hall–Kier alpha value is -3.01. The summed E-state index contributed by atoms with van der Waals surface area (Å²) in [7, 11) is 1.66. The van der Waals surface area contributed by atoms with Gasteiger partial charge in [-0.15, -0.1) is 0 Å². The van der Waals surface area contributed by atoms with Gasteiger partial charge in [0.05, 0.1) is 7.11 Å². The van der Waals surface area contributed by atoms with Crippen LogP contribution in [-0.2, 0) is 15.6 Å². The third-order valence-corrected chi connectivity index (χ3v) is 5.17. The maximum Gasteiger partial charge on any atom is 0.328 e. The summed E-state index contributed by atoms with van der Waals surface area (Å²) >= 11 is 0. The molecule has 0 atom stereocenters. The van der Waals surface area contributed by atoms with Crippen LogP contribution in [0, 0.1) is 0 Å². The Kier molecular flexibility index (Phi) is 7.05. The highest BCUT2D eigenvalue weighted by Gasteiger charge is 2.27. The van der Waals surface area contributed by atoms with Gasteiger partial charge in [-0.25, -0.2) is 4.79 Å². The van der Waals surface area contributed by atoms with Crippen molar-refractivity contribution >= 4 is 12.0 Å². The Morgan fingerprint density at radius 3 is 2.13 bits per heavy atom. The van der Waals surface area contributed by atoms with Crippen LogP contribution >= 0.6 is 0 Å². The van der Waals surface area contributed by atoms with Crippen LogP contribution in [0.15, 0.2) is 48.1 Å². The van der Waals surface area contributed by atoms with Crippen LogP contribution in [0.5, 0.6) is 11.5 Å². The SMILES string of the molecule is COc1c(-c2cc(C=CC(C)=CC(=O)O)ccc2O)cc(C(C)(C)C)cc1C(C)(C)C. The normalized spacial score (nSPS) is 13.0. The lowest BCUT2D eigenvalue weighted by atomic mass is 9.78. The van der Waals surface area contributed by atoms with Gasteiger partial charge in [0.15, 0.2) is 0 Å². The fourth-order valence-electron chi connectivity index (χ4n) is 3.38. The molecule has 0 aliphatic heterocycles. The van der Waals surface area contributed by atoms with Crippen molar-refractivity contribution in [2.45, 2.75) is 59.3 Å². The minimum absolute atomic E-state index is 0.0765. The van der Waals surface area contributed by atoms with Crippen molar-refractivity contribution in [3.63, 3.8) is 0 Å². The average molecular weight is 423 g/mol. The van der Waals surface area contributed by atoms with Crippen molar-refractivity contribution in [3.8, 4) is 22.6 Å². The fraction of sp³-hybridized carbons (Fsp3) is 0.370.